The second kappa shape index (κ2) is 7.86. The highest BCUT2D eigenvalue weighted by Crippen LogP contribution is 2.36. The van der Waals surface area contributed by atoms with Crippen LogP contribution in [0.15, 0.2) is 0 Å². The number of nitrogens with one attached hydrogen (secondary N) is 1. The fourth-order valence-corrected chi connectivity index (χ4v) is 3.18. The van der Waals surface area contributed by atoms with Crippen LogP contribution < -0.4 is 0 Å². The van der Waals surface area contributed by atoms with Gasteiger partial charge in [0.15, 0.2) is 0 Å². The molecule has 1 aliphatic carbocycles. The molecule has 0 aromatic rings. The summed E-state index contributed by atoms with van der Waals surface area (Å²) in [5.74, 6) is 2.40. The molecule has 1 heteroatoms. The first-order chi connectivity index (χ1) is 7.81. The molecule has 0 saturated heterocycles. The van der Waals surface area contributed by atoms with E-state index in [2.05, 4.69) is 13.8 Å². The second-order valence-electron chi connectivity index (χ2n) is 5.52. The van der Waals surface area contributed by atoms with E-state index < -0.39 is 0 Å². The SMILES string of the molecule is CCCCCC1CCC(C(C=N)CC)CC1. The maximum absolute atomic E-state index is 7.46. The van der Waals surface area contributed by atoms with Crippen molar-refractivity contribution >= 4 is 6.21 Å². The van der Waals surface area contributed by atoms with Crippen molar-refractivity contribution in [2.24, 2.45) is 17.8 Å². The third kappa shape index (κ3) is 4.27. The first kappa shape index (κ1) is 13.7. The summed E-state index contributed by atoms with van der Waals surface area (Å²) in [5.41, 5.74) is 0. The third-order valence-corrected chi connectivity index (χ3v) is 4.40. The molecule has 0 radical (unpaired) electrons. The largest absolute Gasteiger partial charge is 0.313 e. The number of unbranched alkanes of at least 4 members (excludes halogenated alkanes) is 2. The summed E-state index contributed by atoms with van der Waals surface area (Å²) in [6.07, 6.45) is 14.1. The zero-order chi connectivity index (χ0) is 11.8. The van der Waals surface area contributed by atoms with Crippen molar-refractivity contribution < 1.29 is 0 Å². The lowest BCUT2D eigenvalue weighted by Gasteiger charge is -2.31. The fraction of sp³-hybridized carbons (Fsp3) is 0.933. The van der Waals surface area contributed by atoms with Gasteiger partial charge in [-0.25, -0.2) is 0 Å². The summed E-state index contributed by atoms with van der Waals surface area (Å²) in [6, 6.07) is 0. The molecule has 1 N–H and O–H groups in total. The van der Waals surface area contributed by atoms with Crippen LogP contribution in [0, 0.1) is 23.2 Å². The summed E-state index contributed by atoms with van der Waals surface area (Å²) in [6.45, 7) is 4.51. The lowest BCUT2D eigenvalue weighted by molar-refractivity contribution is 0.225. The Labute approximate surface area is 102 Å². The van der Waals surface area contributed by atoms with Crippen LogP contribution in [-0.4, -0.2) is 6.21 Å². The maximum atomic E-state index is 7.46. The zero-order valence-corrected chi connectivity index (χ0v) is 11.2. The van der Waals surface area contributed by atoms with E-state index in [4.69, 9.17) is 5.41 Å². The Morgan fingerprint density at radius 2 is 1.81 bits per heavy atom. The van der Waals surface area contributed by atoms with Crippen molar-refractivity contribution in [1.82, 2.24) is 0 Å². The summed E-state index contributed by atoms with van der Waals surface area (Å²) in [5, 5.41) is 7.46. The van der Waals surface area contributed by atoms with Crippen molar-refractivity contribution in [3.63, 3.8) is 0 Å². The molecule has 0 amide bonds. The van der Waals surface area contributed by atoms with E-state index in [1.165, 1.54) is 51.4 Å². The normalized spacial score (nSPS) is 27.6. The van der Waals surface area contributed by atoms with Crippen LogP contribution in [0.2, 0.25) is 0 Å². The molecule has 1 nitrogen and oxygen atoms in total. The van der Waals surface area contributed by atoms with Crippen LogP contribution >= 0.6 is 0 Å². The average molecular weight is 223 g/mol. The van der Waals surface area contributed by atoms with Gasteiger partial charge in [-0.15, -0.1) is 0 Å². The Balaban J connectivity index is 2.20. The van der Waals surface area contributed by atoms with Gasteiger partial charge in [-0.05, 0) is 43.2 Å². The van der Waals surface area contributed by atoms with Crippen molar-refractivity contribution in [3.05, 3.63) is 0 Å². The Hall–Kier alpha value is -0.330. The standard InChI is InChI=1S/C15H29N/c1-3-5-6-7-13-8-10-15(11-9-13)14(4-2)12-16/h12-16H,3-11H2,1-2H3. The van der Waals surface area contributed by atoms with Crippen molar-refractivity contribution in [1.29, 1.82) is 5.41 Å². The van der Waals surface area contributed by atoms with Gasteiger partial charge in [-0.1, -0.05) is 52.4 Å². The van der Waals surface area contributed by atoms with Gasteiger partial charge in [0, 0.05) is 0 Å². The van der Waals surface area contributed by atoms with Crippen molar-refractivity contribution in [2.75, 3.05) is 0 Å². The molecule has 0 aromatic heterocycles. The minimum absolute atomic E-state index is 0.566. The van der Waals surface area contributed by atoms with Crippen LogP contribution in [0.1, 0.15) is 71.6 Å². The van der Waals surface area contributed by atoms with Gasteiger partial charge >= 0.3 is 0 Å². The topological polar surface area (TPSA) is 23.9 Å². The molecule has 0 heterocycles. The van der Waals surface area contributed by atoms with Crippen LogP contribution in [0.3, 0.4) is 0 Å². The highest BCUT2D eigenvalue weighted by atomic mass is 14.4. The lowest BCUT2D eigenvalue weighted by atomic mass is 9.74. The Morgan fingerprint density at radius 3 is 2.31 bits per heavy atom. The summed E-state index contributed by atoms with van der Waals surface area (Å²) in [4.78, 5) is 0. The van der Waals surface area contributed by atoms with Crippen molar-refractivity contribution in [2.45, 2.75) is 71.6 Å². The summed E-state index contributed by atoms with van der Waals surface area (Å²) < 4.78 is 0. The van der Waals surface area contributed by atoms with E-state index in [9.17, 15) is 0 Å². The summed E-state index contributed by atoms with van der Waals surface area (Å²) >= 11 is 0. The molecule has 1 rings (SSSR count). The van der Waals surface area contributed by atoms with Crippen molar-refractivity contribution in [3.8, 4) is 0 Å². The molecule has 0 aliphatic heterocycles. The highest BCUT2D eigenvalue weighted by Gasteiger charge is 2.25. The van der Waals surface area contributed by atoms with Gasteiger partial charge < -0.3 is 5.41 Å². The van der Waals surface area contributed by atoms with E-state index in [1.807, 2.05) is 0 Å². The van der Waals surface area contributed by atoms with Crippen LogP contribution in [-0.2, 0) is 0 Å². The van der Waals surface area contributed by atoms with Crippen LogP contribution in [0.25, 0.3) is 0 Å². The minimum atomic E-state index is 0.566. The zero-order valence-electron chi connectivity index (χ0n) is 11.2. The molecular weight excluding hydrogens is 194 g/mol. The van der Waals surface area contributed by atoms with Gasteiger partial charge in [0.1, 0.15) is 0 Å². The van der Waals surface area contributed by atoms with Crippen LogP contribution in [0.4, 0.5) is 0 Å². The molecule has 94 valence electrons. The predicted molar refractivity (Wildman–Crippen MR) is 72.2 cm³/mol. The van der Waals surface area contributed by atoms with E-state index in [1.54, 1.807) is 6.21 Å². The second-order valence-corrected chi connectivity index (χ2v) is 5.52. The first-order valence-corrected chi connectivity index (χ1v) is 7.32. The van der Waals surface area contributed by atoms with E-state index in [0.29, 0.717) is 5.92 Å². The van der Waals surface area contributed by atoms with Gasteiger partial charge in [0.05, 0.1) is 0 Å². The molecule has 1 atom stereocenters. The third-order valence-electron chi connectivity index (χ3n) is 4.40. The smallest absolute Gasteiger partial charge is 0.00141 e. The Morgan fingerprint density at radius 1 is 1.12 bits per heavy atom. The van der Waals surface area contributed by atoms with E-state index in [-0.39, 0.29) is 0 Å². The monoisotopic (exact) mass is 223 g/mol. The summed E-state index contributed by atoms with van der Waals surface area (Å²) in [7, 11) is 0. The van der Waals surface area contributed by atoms with Gasteiger partial charge in [0.2, 0.25) is 0 Å². The fourth-order valence-electron chi connectivity index (χ4n) is 3.18. The van der Waals surface area contributed by atoms with E-state index in [0.717, 1.165) is 18.3 Å². The number of hydrogen-bond acceptors (Lipinski definition) is 1. The molecule has 1 aliphatic rings. The molecule has 1 saturated carbocycles. The van der Waals surface area contributed by atoms with Crippen LogP contribution in [0.5, 0.6) is 0 Å². The van der Waals surface area contributed by atoms with Gasteiger partial charge in [-0.3, -0.25) is 0 Å². The highest BCUT2D eigenvalue weighted by molar-refractivity contribution is 5.57. The van der Waals surface area contributed by atoms with Gasteiger partial charge in [-0.2, -0.15) is 0 Å². The number of hydrogen-bond donors (Lipinski definition) is 1. The quantitative estimate of drug-likeness (QED) is 0.461. The predicted octanol–water partition coefficient (Wildman–Crippen LogP) is 5.05. The molecule has 0 aromatic carbocycles. The molecule has 0 spiro atoms. The molecule has 1 unspecified atom stereocenters. The molecular formula is C15H29N. The molecule has 1 fully saturated rings. The average Bonchev–Trinajstić information content (AvgIpc) is 2.33. The Bertz CT molecular complexity index is 180. The Kier molecular flexibility index (Phi) is 6.75. The molecule has 16 heavy (non-hydrogen) atoms. The minimum Gasteiger partial charge on any atom is -0.313 e. The number of rotatable bonds is 7. The lowest BCUT2D eigenvalue weighted by Crippen LogP contribution is -2.22. The molecule has 0 bridgehead atoms. The van der Waals surface area contributed by atoms with E-state index >= 15 is 0 Å². The maximum Gasteiger partial charge on any atom is -0.00141 e. The first-order valence-electron chi connectivity index (χ1n) is 7.32. The van der Waals surface area contributed by atoms with Gasteiger partial charge in [0.25, 0.3) is 0 Å².